The van der Waals surface area contributed by atoms with Crippen LogP contribution in [0.1, 0.15) is 56.3 Å². The number of carbonyl (C=O) groups is 3. The number of amides is 2. The van der Waals surface area contributed by atoms with Crippen LogP contribution in [0.4, 0.5) is 5.69 Å². The van der Waals surface area contributed by atoms with E-state index in [-0.39, 0.29) is 53.3 Å². The number of benzene rings is 1. The molecule has 34 heavy (non-hydrogen) atoms. The van der Waals surface area contributed by atoms with Crippen molar-refractivity contribution in [1.29, 1.82) is 0 Å². The number of hydrogen-bond acceptors (Lipinski definition) is 6. The maximum Gasteiger partial charge on any atom is 0.340 e. The molecule has 2 amide bonds. The van der Waals surface area contributed by atoms with Crippen LogP contribution >= 0.6 is 0 Å². The average Bonchev–Trinajstić information content (AvgIpc) is 2.97. The fourth-order valence-corrected chi connectivity index (χ4v) is 6.72. The van der Waals surface area contributed by atoms with E-state index in [2.05, 4.69) is 24.0 Å². The molecule has 4 atom stereocenters. The molecule has 7 heteroatoms. The SMILES string of the molecule is CCN1C[C@@]23CC=CCO[C@@H]2[C@@](COC(=O)c2ccccc2N2C(=O)C[C@@H](C)C2=O)(CCC3)C1. The molecule has 0 aromatic heterocycles. The fourth-order valence-electron chi connectivity index (χ4n) is 6.72. The summed E-state index contributed by atoms with van der Waals surface area (Å²) in [5.41, 5.74) is 0.352. The first kappa shape index (κ1) is 23.2. The molecule has 1 aliphatic carbocycles. The van der Waals surface area contributed by atoms with Crippen molar-refractivity contribution >= 4 is 23.5 Å². The Morgan fingerprint density at radius 1 is 1.18 bits per heavy atom. The molecule has 1 aromatic rings. The molecular weight excluding hydrogens is 432 g/mol. The third-order valence-electron chi connectivity index (χ3n) is 8.26. The standard InChI is InChI=1S/C27H34N2O5/c1-3-28-16-26-11-6-7-14-33-25(26)27(17-28,13-8-12-26)18-34-24(32)20-9-4-5-10-21(20)29-22(30)15-19(2)23(29)31/h4-7,9-10,19,25H,3,8,11-18H2,1-2H3/t19-,25+,26+,27+/m1/s1. The summed E-state index contributed by atoms with van der Waals surface area (Å²) in [6.45, 7) is 7.57. The van der Waals surface area contributed by atoms with E-state index < -0.39 is 5.97 Å². The summed E-state index contributed by atoms with van der Waals surface area (Å²) in [5.74, 6) is -1.43. The van der Waals surface area contributed by atoms with Gasteiger partial charge >= 0.3 is 5.97 Å². The molecule has 7 nitrogen and oxygen atoms in total. The van der Waals surface area contributed by atoms with Crippen molar-refractivity contribution in [2.45, 2.75) is 52.1 Å². The van der Waals surface area contributed by atoms with Gasteiger partial charge in [-0.2, -0.15) is 0 Å². The maximum absolute atomic E-state index is 13.4. The first-order chi connectivity index (χ1) is 16.4. The minimum atomic E-state index is -0.498. The largest absolute Gasteiger partial charge is 0.461 e. The van der Waals surface area contributed by atoms with Crippen molar-refractivity contribution in [3.8, 4) is 0 Å². The van der Waals surface area contributed by atoms with E-state index in [0.717, 1.165) is 50.2 Å². The van der Waals surface area contributed by atoms with Crippen molar-refractivity contribution in [2.75, 3.05) is 37.7 Å². The summed E-state index contributed by atoms with van der Waals surface area (Å²) in [6.07, 6.45) is 8.71. The minimum Gasteiger partial charge on any atom is -0.461 e. The molecule has 2 bridgehead atoms. The van der Waals surface area contributed by atoms with Gasteiger partial charge in [-0.15, -0.1) is 0 Å². The van der Waals surface area contributed by atoms with Crippen LogP contribution in [0.5, 0.6) is 0 Å². The molecule has 5 rings (SSSR count). The molecule has 0 unspecified atom stereocenters. The molecule has 0 N–H and O–H groups in total. The van der Waals surface area contributed by atoms with Crippen LogP contribution in [-0.2, 0) is 19.1 Å². The predicted molar refractivity (Wildman–Crippen MR) is 127 cm³/mol. The summed E-state index contributed by atoms with van der Waals surface area (Å²) in [4.78, 5) is 42.1. The fraction of sp³-hybridized carbons (Fsp3) is 0.593. The lowest BCUT2D eigenvalue weighted by atomic mass is 9.56. The van der Waals surface area contributed by atoms with Crippen molar-refractivity contribution in [3.63, 3.8) is 0 Å². The Balaban J connectivity index is 1.40. The third-order valence-corrected chi connectivity index (χ3v) is 8.26. The number of ether oxygens (including phenoxy) is 2. The molecule has 0 spiro atoms. The van der Waals surface area contributed by atoms with Gasteiger partial charge in [-0.05, 0) is 37.9 Å². The Bertz CT molecular complexity index is 1020. The Morgan fingerprint density at radius 3 is 2.76 bits per heavy atom. The zero-order valence-electron chi connectivity index (χ0n) is 20.1. The van der Waals surface area contributed by atoms with Crippen LogP contribution < -0.4 is 4.90 Å². The van der Waals surface area contributed by atoms with Crippen LogP contribution in [0.3, 0.4) is 0 Å². The second-order valence-electron chi connectivity index (χ2n) is 10.5. The van der Waals surface area contributed by atoms with Crippen LogP contribution in [0.15, 0.2) is 36.4 Å². The molecule has 1 saturated carbocycles. The Morgan fingerprint density at radius 2 is 2.00 bits per heavy atom. The average molecular weight is 467 g/mol. The number of imide groups is 1. The number of piperidine rings is 1. The van der Waals surface area contributed by atoms with Crippen LogP contribution in [-0.4, -0.2) is 61.6 Å². The van der Waals surface area contributed by atoms with Crippen LogP contribution in [0, 0.1) is 16.7 Å². The van der Waals surface area contributed by atoms with Gasteiger partial charge in [-0.1, -0.05) is 44.6 Å². The van der Waals surface area contributed by atoms with E-state index in [1.165, 1.54) is 0 Å². The molecule has 0 radical (unpaired) electrons. The lowest BCUT2D eigenvalue weighted by Gasteiger charge is -2.60. The number of hydrogen-bond donors (Lipinski definition) is 0. The highest BCUT2D eigenvalue weighted by molar-refractivity contribution is 6.22. The van der Waals surface area contributed by atoms with E-state index >= 15 is 0 Å². The smallest absolute Gasteiger partial charge is 0.340 e. The highest BCUT2D eigenvalue weighted by Crippen LogP contribution is 2.55. The summed E-state index contributed by atoms with van der Waals surface area (Å²) >= 11 is 0. The number of esters is 1. The zero-order chi connectivity index (χ0) is 23.9. The first-order valence-electron chi connectivity index (χ1n) is 12.5. The Kier molecular flexibility index (Phi) is 6.10. The van der Waals surface area contributed by atoms with Crippen molar-refractivity contribution in [2.24, 2.45) is 16.7 Å². The number of likely N-dealkylation sites (tertiary alicyclic amines) is 1. The second-order valence-corrected chi connectivity index (χ2v) is 10.5. The van der Waals surface area contributed by atoms with E-state index in [4.69, 9.17) is 9.47 Å². The number of allylic oxidation sites excluding steroid dienone is 1. The normalized spacial score (nSPS) is 33.5. The topological polar surface area (TPSA) is 76.2 Å². The van der Waals surface area contributed by atoms with Gasteiger partial charge in [0, 0.05) is 36.3 Å². The highest BCUT2D eigenvalue weighted by Gasteiger charge is 2.59. The van der Waals surface area contributed by atoms with Gasteiger partial charge in [-0.3, -0.25) is 9.59 Å². The van der Waals surface area contributed by atoms with Crippen molar-refractivity contribution < 1.29 is 23.9 Å². The minimum absolute atomic E-state index is 0.0391. The van der Waals surface area contributed by atoms with E-state index in [9.17, 15) is 14.4 Å². The molecule has 3 aliphatic heterocycles. The predicted octanol–water partition coefficient (Wildman–Crippen LogP) is 3.58. The molecule has 182 valence electrons. The van der Waals surface area contributed by atoms with E-state index in [0.29, 0.717) is 12.3 Å². The Hall–Kier alpha value is -2.51. The third kappa shape index (κ3) is 3.79. The Labute approximate surface area is 201 Å². The van der Waals surface area contributed by atoms with Gasteiger partial charge in [0.05, 0.1) is 24.0 Å². The van der Waals surface area contributed by atoms with Gasteiger partial charge in [0.2, 0.25) is 11.8 Å². The lowest BCUT2D eigenvalue weighted by molar-refractivity contribution is -0.197. The van der Waals surface area contributed by atoms with Gasteiger partial charge in [0.25, 0.3) is 0 Å². The number of para-hydroxylation sites is 1. The van der Waals surface area contributed by atoms with Gasteiger partial charge in [0.1, 0.15) is 6.61 Å². The molecule has 1 aromatic carbocycles. The van der Waals surface area contributed by atoms with Gasteiger partial charge < -0.3 is 14.4 Å². The lowest BCUT2D eigenvalue weighted by Crippen LogP contribution is -2.66. The van der Waals surface area contributed by atoms with Gasteiger partial charge in [0.15, 0.2) is 0 Å². The van der Waals surface area contributed by atoms with Crippen molar-refractivity contribution in [3.05, 3.63) is 42.0 Å². The second kappa shape index (κ2) is 8.93. The van der Waals surface area contributed by atoms with E-state index in [1.807, 2.05) is 0 Å². The number of carbonyl (C=O) groups excluding carboxylic acids is 3. The molecular formula is C27H34N2O5. The van der Waals surface area contributed by atoms with E-state index in [1.54, 1.807) is 31.2 Å². The quantitative estimate of drug-likeness (QED) is 0.375. The molecule has 3 fully saturated rings. The summed E-state index contributed by atoms with van der Waals surface area (Å²) < 4.78 is 12.4. The van der Waals surface area contributed by atoms with Crippen molar-refractivity contribution in [1.82, 2.24) is 4.90 Å². The summed E-state index contributed by atoms with van der Waals surface area (Å²) in [6, 6.07) is 6.75. The highest BCUT2D eigenvalue weighted by atomic mass is 16.5. The molecule has 4 aliphatic rings. The monoisotopic (exact) mass is 466 g/mol. The summed E-state index contributed by atoms with van der Waals surface area (Å²) in [5, 5.41) is 0. The number of rotatable bonds is 5. The summed E-state index contributed by atoms with van der Waals surface area (Å²) in [7, 11) is 0. The van der Waals surface area contributed by atoms with Crippen LogP contribution in [0.2, 0.25) is 0 Å². The first-order valence-corrected chi connectivity index (χ1v) is 12.5. The van der Waals surface area contributed by atoms with Crippen LogP contribution in [0.25, 0.3) is 0 Å². The molecule has 3 heterocycles. The maximum atomic E-state index is 13.4. The molecule has 2 saturated heterocycles. The number of nitrogens with zero attached hydrogens (tertiary/aromatic N) is 2. The number of anilines is 1. The van der Waals surface area contributed by atoms with Gasteiger partial charge in [-0.25, -0.2) is 9.69 Å². The zero-order valence-corrected chi connectivity index (χ0v) is 20.1.